The van der Waals surface area contributed by atoms with Gasteiger partial charge in [-0.05, 0) is 30.5 Å². The molecule has 2 aromatic rings. The lowest BCUT2D eigenvalue weighted by Gasteiger charge is -2.13. The lowest BCUT2D eigenvalue weighted by molar-refractivity contribution is 0.143. The Kier molecular flexibility index (Phi) is 7.89. The summed E-state index contributed by atoms with van der Waals surface area (Å²) in [5.74, 6) is 1.36. The van der Waals surface area contributed by atoms with Crippen LogP contribution in [0.25, 0.3) is 0 Å². The van der Waals surface area contributed by atoms with Gasteiger partial charge in [-0.15, -0.1) is 0 Å². The first-order valence-electron chi connectivity index (χ1n) is 8.69. The maximum Gasteiger partial charge on any atom is 0.213 e. The average molecular weight is 356 g/mol. The van der Waals surface area contributed by atoms with E-state index in [1.807, 2.05) is 12.1 Å². The fraction of sp³-hybridized carbons (Fsp3) is 0.400. The molecule has 0 aliphatic rings. The van der Waals surface area contributed by atoms with Crippen LogP contribution in [0.4, 0.5) is 0 Å². The van der Waals surface area contributed by atoms with Crippen molar-refractivity contribution in [2.75, 3.05) is 27.4 Å². The number of aryl methyl sites for hydroxylation is 2. The van der Waals surface area contributed by atoms with Crippen LogP contribution >= 0.6 is 0 Å². The lowest BCUT2D eigenvalue weighted by atomic mass is 10.1. The number of benzene rings is 1. The predicted octanol–water partition coefficient (Wildman–Crippen LogP) is 2.59. The summed E-state index contributed by atoms with van der Waals surface area (Å²) in [4.78, 5) is 8.56. The van der Waals surface area contributed by atoms with Gasteiger partial charge in [0.15, 0.2) is 5.96 Å². The highest BCUT2D eigenvalue weighted by Gasteiger charge is 2.03. The smallest absolute Gasteiger partial charge is 0.213 e. The number of pyridine rings is 1. The van der Waals surface area contributed by atoms with Gasteiger partial charge in [-0.2, -0.15) is 0 Å². The summed E-state index contributed by atoms with van der Waals surface area (Å²) in [5, 5.41) is 6.64. The quantitative estimate of drug-likeness (QED) is 0.432. The van der Waals surface area contributed by atoms with E-state index in [0.29, 0.717) is 25.6 Å². The van der Waals surface area contributed by atoms with E-state index in [2.05, 4.69) is 52.7 Å². The minimum atomic E-state index is 0.496. The Bertz CT molecular complexity index is 714. The van der Waals surface area contributed by atoms with Gasteiger partial charge in [0.2, 0.25) is 5.88 Å². The van der Waals surface area contributed by atoms with Crippen LogP contribution in [0, 0.1) is 13.8 Å². The van der Waals surface area contributed by atoms with Crippen LogP contribution in [-0.4, -0.2) is 38.3 Å². The van der Waals surface area contributed by atoms with Gasteiger partial charge in [-0.25, -0.2) is 4.98 Å². The van der Waals surface area contributed by atoms with E-state index in [1.54, 1.807) is 20.4 Å². The van der Waals surface area contributed by atoms with E-state index >= 15 is 0 Å². The van der Waals surface area contributed by atoms with Gasteiger partial charge in [0.05, 0.1) is 6.61 Å². The molecular formula is C20H28N4O2. The molecule has 6 heteroatoms. The van der Waals surface area contributed by atoms with Crippen molar-refractivity contribution in [2.24, 2.45) is 4.99 Å². The van der Waals surface area contributed by atoms with Crippen molar-refractivity contribution >= 4 is 5.96 Å². The van der Waals surface area contributed by atoms with Gasteiger partial charge in [0.1, 0.15) is 6.61 Å². The molecule has 0 amide bonds. The molecule has 1 aromatic carbocycles. The van der Waals surface area contributed by atoms with Crippen LogP contribution < -0.4 is 15.4 Å². The van der Waals surface area contributed by atoms with Gasteiger partial charge < -0.3 is 20.1 Å². The molecule has 1 heterocycles. The Morgan fingerprint density at radius 1 is 1.08 bits per heavy atom. The fourth-order valence-electron chi connectivity index (χ4n) is 2.46. The topological polar surface area (TPSA) is 67.8 Å². The molecule has 0 unspecified atom stereocenters. The van der Waals surface area contributed by atoms with E-state index in [0.717, 1.165) is 18.1 Å². The summed E-state index contributed by atoms with van der Waals surface area (Å²) in [6.45, 7) is 6.65. The molecule has 0 aliphatic carbocycles. The number of methoxy groups -OCH3 is 1. The Morgan fingerprint density at radius 3 is 2.54 bits per heavy atom. The van der Waals surface area contributed by atoms with Crippen LogP contribution in [0.5, 0.6) is 5.88 Å². The molecule has 0 atom stereocenters. The average Bonchev–Trinajstić information content (AvgIpc) is 2.64. The van der Waals surface area contributed by atoms with Crippen molar-refractivity contribution in [3.8, 4) is 5.88 Å². The molecule has 0 saturated carbocycles. The van der Waals surface area contributed by atoms with E-state index in [9.17, 15) is 0 Å². The van der Waals surface area contributed by atoms with Crippen molar-refractivity contribution in [1.82, 2.24) is 15.6 Å². The standard InChI is InChI=1S/C20H28N4O2/c1-15-5-7-18(16(2)11-15)14-24-20(21-3)23-13-17-6-8-19(22-12-17)26-10-9-25-4/h5-8,11-12H,9-10,13-14H2,1-4H3,(H2,21,23,24). The highest BCUT2D eigenvalue weighted by atomic mass is 16.5. The maximum atomic E-state index is 5.46. The largest absolute Gasteiger partial charge is 0.475 e. The monoisotopic (exact) mass is 356 g/mol. The Hall–Kier alpha value is -2.60. The highest BCUT2D eigenvalue weighted by Crippen LogP contribution is 2.10. The second-order valence-corrected chi connectivity index (χ2v) is 6.06. The summed E-state index contributed by atoms with van der Waals surface area (Å²) >= 11 is 0. The normalized spacial score (nSPS) is 11.3. The first-order chi connectivity index (χ1) is 12.6. The Balaban J connectivity index is 1.81. The van der Waals surface area contributed by atoms with E-state index in [4.69, 9.17) is 9.47 Å². The first-order valence-corrected chi connectivity index (χ1v) is 8.69. The SMILES string of the molecule is CN=C(NCc1ccc(OCCOC)nc1)NCc1ccc(C)cc1C. The van der Waals surface area contributed by atoms with E-state index < -0.39 is 0 Å². The Labute approximate surface area is 155 Å². The molecule has 0 spiro atoms. The number of nitrogens with zero attached hydrogens (tertiary/aromatic N) is 2. The van der Waals surface area contributed by atoms with Gasteiger partial charge in [0.25, 0.3) is 0 Å². The first kappa shape index (κ1) is 19.7. The summed E-state index contributed by atoms with van der Waals surface area (Å²) in [5.41, 5.74) is 4.87. The number of nitrogens with one attached hydrogen (secondary N) is 2. The number of aliphatic imine (C=N–C) groups is 1. The van der Waals surface area contributed by atoms with Crippen LogP contribution in [0.15, 0.2) is 41.5 Å². The zero-order valence-corrected chi connectivity index (χ0v) is 16.0. The highest BCUT2D eigenvalue weighted by molar-refractivity contribution is 5.79. The molecule has 0 saturated heterocycles. The molecule has 0 radical (unpaired) electrons. The second-order valence-electron chi connectivity index (χ2n) is 6.06. The van der Waals surface area contributed by atoms with Crippen molar-refractivity contribution < 1.29 is 9.47 Å². The van der Waals surface area contributed by atoms with Crippen LogP contribution in [0.2, 0.25) is 0 Å². The van der Waals surface area contributed by atoms with Crippen molar-refractivity contribution in [3.63, 3.8) is 0 Å². The summed E-state index contributed by atoms with van der Waals surface area (Å²) in [7, 11) is 3.41. The summed E-state index contributed by atoms with van der Waals surface area (Å²) in [6, 6.07) is 10.3. The summed E-state index contributed by atoms with van der Waals surface area (Å²) < 4.78 is 10.4. The zero-order valence-electron chi connectivity index (χ0n) is 16.0. The molecule has 1 aromatic heterocycles. The van der Waals surface area contributed by atoms with Crippen LogP contribution in [-0.2, 0) is 17.8 Å². The zero-order chi connectivity index (χ0) is 18.8. The third-order valence-corrected chi connectivity index (χ3v) is 3.96. The number of rotatable bonds is 8. The minimum absolute atomic E-state index is 0.496. The molecule has 140 valence electrons. The maximum absolute atomic E-state index is 5.46. The van der Waals surface area contributed by atoms with Crippen molar-refractivity contribution in [1.29, 1.82) is 0 Å². The molecular weight excluding hydrogens is 328 g/mol. The molecule has 0 aliphatic heterocycles. The lowest BCUT2D eigenvalue weighted by Crippen LogP contribution is -2.36. The van der Waals surface area contributed by atoms with E-state index in [-0.39, 0.29) is 0 Å². The van der Waals surface area contributed by atoms with Gasteiger partial charge in [-0.3, -0.25) is 4.99 Å². The predicted molar refractivity (Wildman–Crippen MR) is 105 cm³/mol. The third-order valence-electron chi connectivity index (χ3n) is 3.96. The van der Waals surface area contributed by atoms with Gasteiger partial charge >= 0.3 is 0 Å². The number of hydrogen-bond acceptors (Lipinski definition) is 4. The van der Waals surface area contributed by atoms with Crippen LogP contribution in [0.1, 0.15) is 22.3 Å². The fourth-order valence-corrected chi connectivity index (χ4v) is 2.46. The number of ether oxygens (including phenoxy) is 2. The molecule has 0 fully saturated rings. The number of guanidine groups is 1. The third kappa shape index (κ3) is 6.37. The molecule has 2 N–H and O–H groups in total. The second kappa shape index (κ2) is 10.4. The number of aromatic nitrogens is 1. The van der Waals surface area contributed by atoms with E-state index in [1.165, 1.54) is 16.7 Å². The minimum Gasteiger partial charge on any atom is -0.475 e. The Morgan fingerprint density at radius 2 is 1.88 bits per heavy atom. The van der Waals surface area contributed by atoms with Crippen molar-refractivity contribution in [3.05, 3.63) is 58.8 Å². The molecule has 0 bridgehead atoms. The van der Waals surface area contributed by atoms with Gasteiger partial charge in [0, 0.05) is 39.5 Å². The number of hydrogen-bond donors (Lipinski definition) is 2. The molecule has 26 heavy (non-hydrogen) atoms. The van der Waals surface area contributed by atoms with Crippen LogP contribution in [0.3, 0.4) is 0 Å². The molecule has 6 nitrogen and oxygen atoms in total. The molecule has 2 rings (SSSR count). The van der Waals surface area contributed by atoms with Crippen molar-refractivity contribution in [2.45, 2.75) is 26.9 Å². The van der Waals surface area contributed by atoms with Gasteiger partial charge in [-0.1, -0.05) is 29.8 Å². The summed E-state index contributed by atoms with van der Waals surface area (Å²) in [6.07, 6.45) is 1.80.